The van der Waals surface area contributed by atoms with Gasteiger partial charge in [0.05, 0.1) is 3.79 Å². The number of halogens is 2. The second-order valence-electron chi connectivity index (χ2n) is 2.70. The Morgan fingerprint density at radius 3 is 2.73 bits per heavy atom. The summed E-state index contributed by atoms with van der Waals surface area (Å²) in [5, 5.41) is 6.18. The monoisotopic (exact) mass is 403 g/mol. The second kappa shape index (κ2) is 8.35. The van der Waals surface area contributed by atoms with Crippen molar-refractivity contribution in [2.24, 2.45) is 4.99 Å². The fraction of sp³-hybridized carbons (Fsp3) is 0.444. The van der Waals surface area contributed by atoms with Crippen molar-refractivity contribution in [3.8, 4) is 0 Å². The highest BCUT2D eigenvalue weighted by Gasteiger charge is 1.98. The predicted octanol–water partition coefficient (Wildman–Crippen LogP) is 2.47. The van der Waals surface area contributed by atoms with Gasteiger partial charge >= 0.3 is 0 Å². The van der Waals surface area contributed by atoms with Crippen molar-refractivity contribution in [3.63, 3.8) is 0 Å². The van der Waals surface area contributed by atoms with Gasteiger partial charge in [0.25, 0.3) is 0 Å². The van der Waals surface area contributed by atoms with Crippen LogP contribution in [-0.4, -0.2) is 26.6 Å². The molecular formula is C9H15BrIN3S. The molecule has 0 saturated carbocycles. The van der Waals surface area contributed by atoms with Gasteiger partial charge in [0.1, 0.15) is 0 Å². The summed E-state index contributed by atoms with van der Waals surface area (Å²) in [7, 11) is 3.62. The van der Waals surface area contributed by atoms with E-state index in [4.69, 9.17) is 0 Å². The third-order valence-corrected chi connectivity index (χ3v) is 3.44. The molecule has 0 amide bonds. The third kappa shape index (κ3) is 5.72. The number of nitrogens with one attached hydrogen (secondary N) is 2. The summed E-state index contributed by atoms with van der Waals surface area (Å²) in [5.41, 5.74) is 0. The molecule has 1 aromatic heterocycles. The first-order valence-corrected chi connectivity index (χ1v) is 6.00. The molecule has 3 nitrogen and oxygen atoms in total. The standard InChI is InChI=1S/C9H14BrN3S.HI/c1-11-9(12-2)13-6-5-7-3-4-8(10)14-7;/h3-4H,5-6H2,1-2H3,(H2,11,12,13);1H. The molecule has 0 aromatic carbocycles. The van der Waals surface area contributed by atoms with Gasteiger partial charge in [-0.3, -0.25) is 4.99 Å². The van der Waals surface area contributed by atoms with Gasteiger partial charge in [0.15, 0.2) is 5.96 Å². The minimum Gasteiger partial charge on any atom is -0.359 e. The van der Waals surface area contributed by atoms with E-state index in [9.17, 15) is 0 Å². The molecule has 0 saturated heterocycles. The molecule has 0 radical (unpaired) electrons. The van der Waals surface area contributed by atoms with Crippen LogP contribution in [0.2, 0.25) is 0 Å². The zero-order valence-electron chi connectivity index (χ0n) is 8.71. The topological polar surface area (TPSA) is 36.4 Å². The highest BCUT2D eigenvalue weighted by Crippen LogP contribution is 2.21. The van der Waals surface area contributed by atoms with Gasteiger partial charge in [-0.2, -0.15) is 0 Å². The lowest BCUT2D eigenvalue weighted by atomic mass is 10.3. The van der Waals surface area contributed by atoms with Crippen LogP contribution in [0.5, 0.6) is 0 Å². The van der Waals surface area contributed by atoms with Gasteiger partial charge in [-0.05, 0) is 34.5 Å². The number of hydrogen-bond donors (Lipinski definition) is 2. The number of aliphatic imine (C=N–C) groups is 1. The van der Waals surface area contributed by atoms with Gasteiger partial charge in [-0.1, -0.05) is 0 Å². The second-order valence-corrected chi connectivity index (χ2v) is 5.25. The molecule has 2 N–H and O–H groups in total. The van der Waals surface area contributed by atoms with Gasteiger partial charge in [-0.15, -0.1) is 35.3 Å². The van der Waals surface area contributed by atoms with E-state index in [0.717, 1.165) is 18.9 Å². The van der Waals surface area contributed by atoms with Crippen LogP contribution in [0.3, 0.4) is 0 Å². The first-order valence-electron chi connectivity index (χ1n) is 4.39. The molecule has 1 rings (SSSR count). The molecule has 0 aliphatic rings. The van der Waals surface area contributed by atoms with Gasteiger partial charge in [0, 0.05) is 25.5 Å². The Morgan fingerprint density at radius 2 is 2.27 bits per heavy atom. The zero-order valence-corrected chi connectivity index (χ0v) is 13.4. The van der Waals surface area contributed by atoms with Gasteiger partial charge in [0.2, 0.25) is 0 Å². The minimum atomic E-state index is 0. The van der Waals surface area contributed by atoms with Crippen molar-refractivity contribution in [1.82, 2.24) is 10.6 Å². The van der Waals surface area contributed by atoms with Gasteiger partial charge < -0.3 is 10.6 Å². The number of hydrogen-bond acceptors (Lipinski definition) is 2. The van der Waals surface area contributed by atoms with Crippen molar-refractivity contribution in [1.29, 1.82) is 0 Å². The molecule has 86 valence electrons. The maximum Gasteiger partial charge on any atom is 0.190 e. The zero-order chi connectivity index (χ0) is 10.4. The molecule has 0 unspecified atom stereocenters. The average Bonchev–Trinajstić information content (AvgIpc) is 2.59. The Labute approximate surface area is 120 Å². The summed E-state index contributed by atoms with van der Waals surface area (Å²) < 4.78 is 1.19. The SMILES string of the molecule is CN=C(NC)NCCc1ccc(Br)s1.I. The number of thiophene rings is 1. The first kappa shape index (κ1) is 15.2. The van der Waals surface area contributed by atoms with Crippen LogP contribution in [0.1, 0.15) is 4.88 Å². The molecule has 0 atom stereocenters. The highest BCUT2D eigenvalue weighted by molar-refractivity contribution is 14.0. The fourth-order valence-corrected chi connectivity index (χ4v) is 2.55. The van der Waals surface area contributed by atoms with E-state index in [-0.39, 0.29) is 24.0 Å². The fourth-order valence-electron chi connectivity index (χ4n) is 1.07. The summed E-state index contributed by atoms with van der Waals surface area (Å²) >= 11 is 5.21. The summed E-state index contributed by atoms with van der Waals surface area (Å²) in [6.07, 6.45) is 1.02. The van der Waals surface area contributed by atoms with Crippen LogP contribution in [0.15, 0.2) is 20.9 Å². The minimum absolute atomic E-state index is 0. The Morgan fingerprint density at radius 1 is 1.53 bits per heavy atom. The molecule has 1 heterocycles. The molecule has 0 fully saturated rings. The molecule has 1 aromatic rings. The molecule has 0 aliphatic heterocycles. The Bertz CT molecular complexity index is 314. The molecule has 0 bridgehead atoms. The van der Waals surface area contributed by atoms with Crippen LogP contribution < -0.4 is 10.6 Å². The van der Waals surface area contributed by atoms with E-state index in [1.54, 1.807) is 18.4 Å². The summed E-state index contributed by atoms with van der Waals surface area (Å²) in [6.45, 7) is 0.903. The average molecular weight is 404 g/mol. The lowest BCUT2D eigenvalue weighted by Gasteiger charge is -2.06. The van der Waals surface area contributed by atoms with Crippen molar-refractivity contribution in [2.75, 3.05) is 20.6 Å². The lowest BCUT2D eigenvalue weighted by molar-refractivity contribution is 0.842. The van der Waals surface area contributed by atoms with E-state index in [0.29, 0.717) is 0 Å². The predicted molar refractivity (Wildman–Crippen MR) is 81.6 cm³/mol. The largest absolute Gasteiger partial charge is 0.359 e. The lowest BCUT2D eigenvalue weighted by Crippen LogP contribution is -2.35. The highest BCUT2D eigenvalue weighted by atomic mass is 127. The van der Waals surface area contributed by atoms with Crippen molar-refractivity contribution < 1.29 is 0 Å². The van der Waals surface area contributed by atoms with Crippen molar-refractivity contribution in [2.45, 2.75) is 6.42 Å². The summed E-state index contributed by atoms with van der Waals surface area (Å²) in [6, 6.07) is 4.21. The van der Waals surface area contributed by atoms with E-state index in [1.165, 1.54) is 8.66 Å². The maximum absolute atomic E-state index is 4.03. The normalized spacial score (nSPS) is 10.7. The molecule has 0 spiro atoms. The number of nitrogens with zero attached hydrogens (tertiary/aromatic N) is 1. The quantitative estimate of drug-likeness (QED) is 0.462. The van der Waals surface area contributed by atoms with E-state index in [1.807, 2.05) is 7.05 Å². The molecule has 0 aliphatic carbocycles. The smallest absolute Gasteiger partial charge is 0.190 e. The van der Waals surface area contributed by atoms with Crippen molar-refractivity contribution in [3.05, 3.63) is 20.8 Å². The van der Waals surface area contributed by atoms with E-state index in [2.05, 4.69) is 43.7 Å². The summed E-state index contributed by atoms with van der Waals surface area (Å²) in [5.74, 6) is 0.834. The third-order valence-electron chi connectivity index (χ3n) is 1.75. The van der Waals surface area contributed by atoms with Crippen LogP contribution in [0, 0.1) is 0 Å². The number of guanidine groups is 1. The maximum atomic E-state index is 4.03. The van der Waals surface area contributed by atoms with Crippen LogP contribution in [-0.2, 0) is 6.42 Å². The Kier molecular flexibility index (Phi) is 8.45. The van der Waals surface area contributed by atoms with Crippen molar-refractivity contribution >= 4 is 57.2 Å². The first-order chi connectivity index (χ1) is 6.76. The Balaban J connectivity index is 0.00000196. The van der Waals surface area contributed by atoms with Gasteiger partial charge in [-0.25, -0.2) is 0 Å². The van der Waals surface area contributed by atoms with Crippen LogP contribution >= 0.6 is 51.2 Å². The van der Waals surface area contributed by atoms with E-state index < -0.39 is 0 Å². The molecule has 15 heavy (non-hydrogen) atoms. The number of rotatable bonds is 3. The summed E-state index contributed by atoms with van der Waals surface area (Å²) in [4.78, 5) is 5.40. The van der Waals surface area contributed by atoms with E-state index >= 15 is 0 Å². The molecular weight excluding hydrogens is 389 g/mol. The van der Waals surface area contributed by atoms with Crippen LogP contribution in [0.4, 0.5) is 0 Å². The Hall–Kier alpha value is 0.180. The molecule has 6 heteroatoms. The van der Waals surface area contributed by atoms with Crippen LogP contribution in [0.25, 0.3) is 0 Å².